The monoisotopic (exact) mass is 234 g/mol. The van der Waals surface area contributed by atoms with Gasteiger partial charge in [-0.05, 0) is 5.56 Å². The molecule has 0 bridgehead atoms. The molecular formula is C11H10N2O4. The molecule has 1 fully saturated rings. The van der Waals surface area contributed by atoms with Crippen LogP contribution < -0.4 is 5.43 Å². The van der Waals surface area contributed by atoms with Crippen molar-refractivity contribution in [2.24, 2.45) is 0 Å². The van der Waals surface area contributed by atoms with Gasteiger partial charge in [-0.2, -0.15) is 5.01 Å². The Balaban J connectivity index is 2.22. The molecule has 6 heteroatoms. The number of carboxylic acid groups (broad SMARTS) is 1. The van der Waals surface area contributed by atoms with Gasteiger partial charge in [0, 0.05) is 6.42 Å². The number of hydrazine groups is 1. The molecule has 17 heavy (non-hydrogen) atoms. The smallest absolute Gasteiger partial charge is 0.424 e. The van der Waals surface area contributed by atoms with Crippen LogP contribution in [0.15, 0.2) is 30.3 Å². The van der Waals surface area contributed by atoms with Crippen LogP contribution in [0.2, 0.25) is 0 Å². The third-order valence-electron chi connectivity index (χ3n) is 2.56. The normalized spacial score (nSPS) is 19.5. The average Bonchev–Trinajstić information content (AvgIpc) is 2.58. The van der Waals surface area contributed by atoms with Crippen LogP contribution in [-0.2, 0) is 9.59 Å². The first-order chi connectivity index (χ1) is 8.09. The van der Waals surface area contributed by atoms with Gasteiger partial charge in [0.2, 0.25) is 5.91 Å². The second kappa shape index (κ2) is 4.25. The van der Waals surface area contributed by atoms with Gasteiger partial charge in [0.05, 0.1) is 5.92 Å². The van der Waals surface area contributed by atoms with Crippen LogP contribution in [0.25, 0.3) is 0 Å². The molecule has 1 saturated heterocycles. The van der Waals surface area contributed by atoms with Gasteiger partial charge in [0.15, 0.2) is 0 Å². The lowest BCUT2D eigenvalue weighted by Gasteiger charge is -2.13. The molecular weight excluding hydrogens is 224 g/mol. The zero-order valence-electron chi connectivity index (χ0n) is 8.79. The van der Waals surface area contributed by atoms with E-state index in [-0.39, 0.29) is 6.42 Å². The number of benzene rings is 1. The highest BCUT2D eigenvalue weighted by Crippen LogP contribution is 2.28. The molecule has 2 N–H and O–H groups in total. The van der Waals surface area contributed by atoms with E-state index in [0.717, 1.165) is 0 Å². The minimum atomic E-state index is -1.43. The van der Waals surface area contributed by atoms with Gasteiger partial charge in [-0.25, -0.2) is 10.2 Å². The SMILES string of the molecule is O=C(O)NN1C(=O)CC(c2ccccc2)C1=O. The lowest BCUT2D eigenvalue weighted by Crippen LogP contribution is -2.45. The third kappa shape index (κ3) is 2.10. The highest BCUT2D eigenvalue weighted by Gasteiger charge is 2.40. The molecule has 1 heterocycles. The number of nitrogens with zero attached hydrogens (tertiary/aromatic N) is 1. The van der Waals surface area contributed by atoms with Crippen molar-refractivity contribution < 1.29 is 19.5 Å². The zero-order valence-corrected chi connectivity index (χ0v) is 8.79. The Morgan fingerprint density at radius 3 is 2.53 bits per heavy atom. The van der Waals surface area contributed by atoms with E-state index >= 15 is 0 Å². The molecule has 6 nitrogen and oxygen atoms in total. The summed E-state index contributed by atoms with van der Waals surface area (Å²) in [6.45, 7) is 0. The van der Waals surface area contributed by atoms with Gasteiger partial charge in [-0.3, -0.25) is 9.59 Å². The Hall–Kier alpha value is -2.37. The van der Waals surface area contributed by atoms with E-state index in [1.165, 1.54) is 0 Å². The van der Waals surface area contributed by atoms with E-state index in [1.54, 1.807) is 35.8 Å². The predicted molar refractivity (Wildman–Crippen MR) is 56.8 cm³/mol. The molecule has 1 aromatic carbocycles. The number of hydrogen-bond donors (Lipinski definition) is 2. The van der Waals surface area contributed by atoms with Crippen LogP contribution in [0, 0.1) is 0 Å². The second-order valence-corrected chi connectivity index (χ2v) is 3.65. The van der Waals surface area contributed by atoms with Crippen molar-refractivity contribution in [3.05, 3.63) is 35.9 Å². The van der Waals surface area contributed by atoms with Gasteiger partial charge in [-0.15, -0.1) is 0 Å². The van der Waals surface area contributed by atoms with Crippen LogP contribution in [0.5, 0.6) is 0 Å². The Bertz CT molecular complexity index is 472. The minimum Gasteiger partial charge on any atom is -0.464 e. The van der Waals surface area contributed by atoms with E-state index in [1.807, 2.05) is 0 Å². The molecule has 1 aromatic rings. The summed E-state index contributed by atoms with van der Waals surface area (Å²) in [5.74, 6) is -1.68. The van der Waals surface area contributed by atoms with Crippen LogP contribution in [-0.4, -0.2) is 28.0 Å². The Morgan fingerprint density at radius 1 is 1.29 bits per heavy atom. The summed E-state index contributed by atoms with van der Waals surface area (Å²) in [5, 5.41) is 9.06. The number of carbonyl (C=O) groups is 3. The van der Waals surface area contributed by atoms with E-state index < -0.39 is 23.8 Å². The molecule has 0 radical (unpaired) electrons. The average molecular weight is 234 g/mol. The number of carbonyl (C=O) groups excluding carboxylic acids is 2. The number of hydrogen-bond acceptors (Lipinski definition) is 3. The topological polar surface area (TPSA) is 86.7 Å². The van der Waals surface area contributed by atoms with E-state index in [4.69, 9.17) is 5.11 Å². The number of amides is 3. The molecule has 0 spiro atoms. The van der Waals surface area contributed by atoms with Crippen LogP contribution in [0.1, 0.15) is 17.9 Å². The first kappa shape index (κ1) is 11.1. The maximum Gasteiger partial charge on any atom is 0.424 e. The highest BCUT2D eigenvalue weighted by atomic mass is 16.4. The molecule has 88 valence electrons. The summed E-state index contributed by atoms with van der Waals surface area (Å²) in [6, 6.07) is 8.80. The van der Waals surface area contributed by atoms with Gasteiger partial charge < -0.3 is 5.11 Å². The zero-order chi connectivity index (χ0) is 12.4. The van der Waals surface area contributed by atoms with E-state index in [9.17, 15) is 14.4 Å². The van der Waals surface area contributed by atoms with Crippen molar-refractivity contribution in [2.75, 3.05) is 0 Å². The van der Waals surface area contributed by atoms with Crippen molar-refractivity contribution in [3.63, 3.8) is 0 Å². The Morgan fingerprint density at radius 2 is 1.94 bits per heavy atom. The molecule has 0 saturated carbocycles. The fourth-order valence-corrected chi connectivity index (χ4v) is 1.79. The largest absolute Gasteiger partial charge is 0.464 e. The standard InChI is InChI=1S/C11H10N2O4/c14-9-6-8(7-4-2-1-3-5-7)10(15)13(9)12-11(16)17/h1-5,8,12H,6H2,(H,16,17). The van der Waals surface area contributed by atoms with Crippen molar-refractivity contribution in [3.8, 4) is 0 Å². The maximum atomic E-state index is 11.8. The van der Waals surface area contributed by atoms with Crippen LogP contribution >= 0.6 is 0 Å². The van der Waals surface area contributed by atoms with Crippen molar-refractivity contribution in [1.82, 2.24) is 10.4 Å². The van der Waals surface area contributed by atoms with Gasteiger partial charge in [0.25, 0.3) is 5.91 Å². The number of imide groups is 1. The van der Waals surface area contributed by atoms with Crippen LogP contribution in [0.4, 0.5) is 4.79 Å². The quantitative estimate of drug-likeness (QED) is 0.738. The van der Waals surface area contributed by atoms with Gasteiger partial charge in [-0.1, -0.05) is 30.3 Å². The lowest BCUT2D eigenvalue weighted by molar-refractivity contribution is -0.141. The molecule has 2 rings (SSSR count). The van der Waals surface area contributed by atoms with Crippen molar-refractivity contribution in [1.29, 1.82) is 0 Å². The Kier molecular flexibility index (Phi) is 2.78. The van der Waals surface area contributed by atoms with Gasteiger partial charge in [0.1, 0.15) is 0 Å². The predicted octanol–water partition coefficient (Wildman–Crippen LogP) is 0.712. The minimum absolute atomic E-state index is 0.0108. The molecule has 0 aliphatic carbocycles. The summed E-state index contributed by atoms with van der Waals surface area (Å²) in [4.78, 5) is 33.7. The number of rotatable bonds is 2. The third-order valence-corrected chi connectivity index (χ3v) is 2.56. The van der Waals surface area contributed by atoms with Crippen molar-refractivity contribution in [2.45, 2.75) is 12.3 Å². The molecule has 3 amide bonds. The van der Waals surface area contributed by atoms with Crippen molar-refractivity contribution >= 4 is 17.9 Å². The number of nitrogens with one attached hydrogen (secondary N) is 1. The lowest BCUT2D eigenvalue weighted by atomic mass is 9.98. The molecule has 1 unspecified atom stereocenters. The molecule has 0 aromatic heterocycles. The molecule has 1 aliphatic rings. The molecule has 1 atom stereocenters. The summed E-state index contributed by atoms with van der Waals surface area (Å²) < 4.78 is 0. The maximum absolute atomic E-state index is 11.8. The summed E-state index contributed by atoms with van der Waals surface area (Å²) in [6.07, 6.45) is -1.44. The first-order valence-corrected chi connectivity index (χ1v) is 5.01. The van der Waals surface area contributed by atoms with Gasteiger partial charge >= 0.3 is 6.09 Å². The van der Waals surface area contributed by atoms with E-state index in [0.29, 0.717) is 10.6 Å². The first-order valence-electron chi connectivity index (χ1n) is 5.01. The summed E-state index contributed by atoms with van der Waals surface area (Å²) in [7, 11) is 0. The summed E-state index contributed by atoms with van der Waals surface area (Å²) in [5.41, 5.74) is 2.50. The highest BCUT2D eigenvalue weighted by molar-refractivity contribution is 6.06. The summed E-state index contributed by atoms with van der Waals surface area (Å²) >= 11 is 0. The van der Waals surface area contributed by atoms with Crippen LogP contribution in [0.3, 0.4) is 0 Å². The molecule has 1 aliphatic heterocycles. The fourth-order valence-electron chi connectivity index (χ4n) is 1.79. The van der Waals surface area contributed by atoms with E-state index in [2.05, 4.69) is 0 Å². The Labute approximate surface area is 96.8 Å². The fraction of sp³-hybridized carbons (Fsp3) is 0.182. The second-order valence-electron chi connectivity index (χ2n) is 3.65.